The number of ether oxygens (including phenoxy) is 1. The molecular weight excluding hydrogens is 198 g/mol. The van der Waals surface area contributed by atoms with Gasteiger partial charge in [0.15, 0.2) is 0 Å². The molecule has 2 heterocycles. The first-order chi connectivity index (χ1) is 7.27. The fourth-order valence-electron chi connectivity index (χ4n) is 1.15. The lowest BCUT2D eigenvalue weighted by Gasteiger charge is -2.09. The Labute approximate surface area is 87.0 Å². The largest absolute Gasteiger partial charge is 0.446 e. The molecule has 1 aromatic rings. The average Bonchev–Trinajstić information content (AvgIpc) is 3.03. The Morgan fingerprint density at radius 1 is 1.40 bits per heavy atom. The number of imidazole rings is 1. The fourth-order valence-corrected chi connectivity index (χ4v) is 1.15. The molecule has 0 aromatic carbocycles. The smallest absolute Gasteiger partial charge is 0.414 e. The number of nitro groups is 1. The summed E-state index contributed by atoms with van der Waals surface area (Å²) in [6, 6.07) is 0.355. The molecule has 1 aromatic heterocycles. The molecule has 15 heavy (non-hydrogen) atoms. The third kappa shape index (κ3) is 2.68. The Hall–Kier alpha value is -1.59. The van der Waals surface area contributed by atoms with E-state index in [1.54, 1.807) is 4.57 Å². The number of hydrogen-bond donors (Lipinski definition) is 0. The highest BCUT2D eigenvalue weighted by Gasteiger charge is 2.22. The van der Waals surface area contributed by atoms with Gasteiger partial charge in [0, 0.05) is 11.5 Å². The van der Waals surface area contributed by atoms with E-state index in [1.807, 2.05) is 0 Å². The van der Waals surface area contributed by atoms with Gasteiger partial charge in [-0.1, -0.05) is 19.3 Å². The maximum atomic E-state index is 10.3. The Morgan fingerprint density at radius 3 is 2.67 bits per heavy atom. The number of hydrogen-bond acceptors (Lipinski definition) is 4. The normalized spacial score (nSPS) is 16.8. The van der Waals surface area contributed by atoms with Crippen molar-refractivity contribution in [1.82, 2.24) is 9.55 Å². The number of fused-ring (bicyclic) bond motifs is 1. The van der Waals surface area contributed by atoms with E-state index in [9.17, 15) is 10.1 Å². The third-order valence-corrected chi connectivity index (χ3v) is 2.04. The molecule has 0 unspecified atom stereocenters. The predicted octanol–water partition coefficient (Wildman–Crippen LogP) is 1.74. The van der Waals surface area contributed by atoms with Crippen molar-refractivity contribution in [2.24, 2.45) is 0 Å². The summed E-state index contributed by atoms with van der Waals surface area (Å²) < 4.78 is 6.76. The fraction of sp³-hybridized carbons (Fsp3) is 0.667. The van der Waals surface area contributed by atoms with Gasteiger partial charge in [-0.05, 0) is 11.3 Å². The highest BCUT2D eigenvalue weighted by molar-refractivity contribution is 5.20. The van der Waals surface area contributed by atoms with Gasteiger partial charge in [-0.3, -0.25) is 4.57 Å². The zero-order chi connectivity index (χ0) is 10.7. The molecule has 0 bridgehead atoms. The molecule has 0 saturated heterocycles. The van der Waals surface area contributed by atoms with Crippen molar-refractivity contribution in [2.45, 2.75) is 32.2 Å². The van der Waals surface area contributed by atoms with E-state index in [2.05, 4.69) is 4.98 Å². The zero-order valence-electron chi connectivity index (χ0n) is 8.39. The molecule has 82 valence electrons. The molecule has 3 rings (SSSR count). The van der Waals surface area contributed by atoms with Gasteiger partial charge < -0.3 is 14.9 Å². The zero-order valence-corrected chi connectivity index (χ0v) is 8.39. The second-order valence-corrected chi connectivity index (χ2v) is 3.59. The van der Waals surface area contributed by atoms with Crippen LogP contribution in [0.5, 0.6) is 6.01 Å². The third-order valence-electron chi connectivity index (χ3n) is 2.04. The Bertz CT molecular complexity index is 333. The van der Waals surface area contributed by atoms with E-state index in [-0.39, 0.29) is 5.82 Å². The molecule has 0 amide bonds. The lowest BCUT2D eigenvalue weighted by atomic mass is 10.4. The van der Waals surface area contributed by atoms with Crippen LogP contribution in [0.2, 0.25) is 0 Å². The summed E-state index contributed by atoms with van der Waals surface area (Å²) in [7, 11) is 0. The van der Waals surface area contributed by atoms with Gasteiger partial charge in [0.05, 0.1) is 6.61 Å². The van der Waals surface area contributed by atoms with Gasteiger partial charge in [-0.2, -0.15) is 0 Å². The van der Waals surface area contributed by atoms with Gasteiger partial charge in [0.1, 0.15) is 6.20 Å². The van der Waals surface area contributed by atoms with E-state index >= 15 is 0 Å². The van der Waals surface area contributed by atoms with Crippen LogP contribution in [0, 0.1) is 10.1 Å². The van der Waals surface area contributed by atoms with Gasteiger partial charge in [0.25, 0.3) is 0 Å². The van der Waals surface area contributed by atoms with Crippen LogP contribution >= 0.6 is 0 Å². The molecule has 0 radical (unpaired) electrons. The topological polar surface area (TPSA) is 70.2 Å². The first-order valence-electron chi connectivity index (χ1n) is 5.12. The summed E-state index contributed by atoms with van der Waals surface area (Å²) in [6.07, 6.45) is 6.77. The second kappa shape index (κ2) is 4.29. The van der Waals surface area contributed by atoms with E-state index in [4.69, 9.17) is 4.74 Å². The Kier molecular flexibility index (Phi) is 2.84. The van der Waals surface area contributed by atoms with Crippen molar-refractivity contribution in [2.75, 3.05) is 6.61 Å². The standard InChI is InChI=1S/C6H7N3O3.C3H6/c10-9(11)5-4-8-2-1-3-12-6(8)7-5;1-2-3-1/h4H,1-3H2;1-3H2. The summed E-state index contributed by atoms with van der Waals surface area (Å²) >= 11 is 0. The van der Waals surface area contributed by atoms with Crippen molar-refractivity contribution in [3.63, 3.8) is 0 Å². The van der Waals surface area contributed by atoms with Crippen molar-refractivity contribution in [3.05, 3.63) is 16.3 Å². The Morgan fingerprint density at radius 2 is 2.13 bits per heavy atom. The molecular formula is C9H13N3O3. The number of nitrogens with zero attached hydrogens (tertiary/aromatic N) is 3. The summed E-state index contributed by atoms with van der Waals surface area (Å²) in [6.45, 7) is 1.34. The second-order valence-electron chi connectivity index (χ2n) is 3.59. The van der Waals surface area contributed by atoms with E-state index in [0.29, 0.717) is 12.6 Å². The highest BCUT2D eigenvalue weighted by Crippen LogP contribution is 2.20. The van der Waals surface area contributed by atoms with Gasteiger partial charge >= 0.3 is 11.8 Å². The van der Waals surface area contributed by atoms with Gasteiger partial charge in [-0.15, -0.1) is 0 Å². The van der Waals surface area contributed by atoms with Crippen LogP contribution in [0.25, 0.3) is 0 Å². The van der Waals surface area contributed by atoms with Crippen LogP contribution in [0.15, 0.2) is 6.20 Å². The van der Waals surface area contributed by atoms with Crippen LogP contribution in [0.3, 0.4) is 0 Å². The lowest BCUT2D eigenvalue weighted by Crippen LogP contribution is -2.13. The summed E-state index contributed by atoms with van der Waals surface area (Å²) in [5.41, 5.74) is 0. The lowest BCUT2D eigenvalue weighted by molar-refractivity contribution is -0.389. The van der Waals surface area contributed by atoms with Crippen LogP contribution in [0.1, 0.15) is 25.7 Å². The number of aryl methyl sites for hydroxylation is 1. The quantitative estimate of drug-likeness (QED) is 0.524. The summed E-state index contributed by atoms with van der Waals surface area (Å²) in [5.74, 6) is -0.146. The monoisotopic (exact) mass is 211 g/mol. The minimum atomic E-state index is -0.519. The molecule has 2 aliphatic rings. The van der Waals surface area contributed by atoms with Crippen LogP contribution in [-0.2, 0) is 6.54 Å². The molecule has 6 nitrogen and oxygen atoms in total. The van der Waals surface area contributed by atoms with Crippen LogP contribution in [0.4, 0.5) is 5.82 Å². The molecule has 1 aliphatic heterocycles. The minimum Gasteiger partial charge on any atom is -0.446 e. The first-order valence-corrected chi connectivity index (χ1v) is 5.12. The van der Waals surface area contributed by atoms with Crippen molar-refractivity contribution >= 4 is 5.82 Å². The molecule has 1 saturated carbocycles. The molecule has 0 N–H and O–H groups in total. The number of aromatic nitrogens is 2. The predicted molar refractivity (Wildman–Crippen MR) is 52.8 cm³/mol. The molecule has 0 spiro atoms. The first kappa shape index (κ1) is 9.95. The molecule has 0 atom stereocenters. The van der Waals surface area contributed by atoms with Gasteiger partial charge in [-0.25, -0.2) is 0 Å². The van der Waals surface area contributed by atoms with Crippen LogP contribution in [-0.4, -0.2) is 21.1 Å². The molecule has 6 heteroatoms. The van der Waals surface area contributed by atoms with Crippen molar-refractivity contribution in [1.29, 1.82) is 0 Å². The van der Waals surface area contributed by atoms with Crippen molar-refractivity contribution in [3.8, 4) is 6.01 Å². The van der Waals surface area contributed by atoms with Crippen LogP contribution < -0.4 is 4.74 Å². The maximum Gasteiger partial charge on any atom is 0.414 e. The maximum absolute atomic E-state index is 10.3. The summed E-state index contributed by atoms with van der Waals surface area (Å²) in [5, 5.41) is 10.3. The number of rotatable bonds is 1. The van der Waals surface area contributed by atoms with Crippen molar-refractivity contribution < 1.29 is 9.66 Å². The van der Waals surface area contributed by atoms with E-state index < -0.39 is 4.92 Å². The van der Waals surface area contributed by atoms with Gasteiger partial charge in [0.2, 0.25) is 0 Å². The van der Waals surface area contributed by atoms with E-state index in [1.165, 1.54) is 25.5 Å². The highest BCUT2D eigenvalue weighted by atomic mass is 16.6. The van der Waals surface area contributed by atoms with E-state index in [0.717, 1.165) is 13.0 Å². The molecule has 1 aliphatic carbocycles. The summed E-state index contributed by atoms with van der Waals surface area (Å²) in [4.78, 5) is 13.5. The average molecular weight is 211 g/mol. The molecule has 1 fully saturated rings. The minimum absolute atomic E-state index is 0.146. The SMILES string of the molecule is C1CC1.O=[N+]([O-])c1cn2c(n1)OCCC2. The Balaban J connectivity index is 0.000000244.